The van der Waals surface area contributed by atoms with E-state index in [0.29, 0.717) is 25.0 Å². The summed E-state index contributed by atoms with van der Waals surface area (Å²) in [6, 6.07) is 5.49. The molecule has 1 aliphatic heterocycles. The number of ketones is 1. The summed E-state index contributed by atoms with van der Waals surface area (Å²) < 4.78 is 33.4. The minimum absolute atomic E-state index is 0.0136. The quantitative estimate of drug-likeness (QED) is 0.493. The van der Waals surface area contributed by atoms with E-state index in [4.69, 9.17) is 4.52 Å². The Balaban J connectivity index is 1.80. The van der Waals surface area contributed by atoms with Gasteiger partial charge in [-0.05, 0) is 43.7 Å². The zero-order valence-electron chi connectivity index (χ0n) is 19.2. The number of sulfonamides is 1. The Hall–Kier alpha value is -3.05. The van der Waals surface area contributed by atoms with E-state index in [1.54, 1.807) is 24.4 Å². The van der Waals surface area contributed by atoms with Crippen LogP contribution < -0.4 is 15.4 Å². The third kappa shape index (κ3) is 6.73. The van der Waals surface area contributed by atoms with Gasteiger partial charge in [0, 0.05) is 18.5 Å². The zero-order valence-corrected chi connectivity index (χ0v) is 20.1. The predicted molar refractivity (Wildman–Crippen MR) is 123 cm³/mol. The standard InChI is InChI=1S/C23H30N4O6S/c1-15(2)13-19(27-34(31,32)17-7-4-3-5-8-17)22(29)26-18-11-10-16-14-25-33-20(16)9-6-12-24-23(30)21(18)28/h3-5,7-8,14-15,18-19,27H,6,9-13H2,1-2H3,(H,24,30)(H,26,29). The molecule has 2 unspecified atom stereocenters. The maximum Gasteiger partial charge on any atom is 0.289 e. The summed E-state index contributed by atoms with van der Waals surface area (Å²) in [6.07, 6.45) is 3.44. The molecule has 0 aliphatic carbocycles. The fourth-order valence-electron chi connectivity index (χ4n) is 3.77. The normalized spacial score (nSPS) is 18.5. The van der Waals surface area contributed by atoms with E-state index in [2.05, 4.69) is 20.5 Å². The maximum atomic E-state index is 13.2. The fraction of sp³-hybridized carbons (Fsp3) is 0.478. The van der Waals surface area contributed by atoms with E-state index < -0.39 is 39.7 Å². The Morgan fingerprint density at radius 2 is 1.94 bits per heavy atom. The molecule has 2 atom stereocenters. The van der Waals surface area contributed by atoms with Gasteiger partial charge in [0.15, 0.2) is 0 Å². The van der Waals surface area contributed by atoms with Gasteiger partial charge < -0.3 is 15.2 Å². The molecule has 0 bridgehead atoms. The highest BCUT2D eigenvalue weighted by Crippen LogP contribution is 2.16. The first-order valence-corrected chi connectivity index (χ1v) is 12.8. The first kappa shape index (κ1) is 25.6. The van der Waals surface area contributed by atoms with Crippen LogP contribution in [-0.2, 0) is 37.2 Å². The summed E-state index contributed by atoms with van der Waals surface area (Å²) >= 11 is 0. The number of aryl methyl sites for hydroxylation is 2. The lowest BCUT2D eigenvalue weighted by Gasteiger charge is -2.23. The number of nitrogens with one attached hydrogen (secondary N) is 3. The minimum atomic E-state index is -3.97. The van der Waals surface area contributed by atoms with Crippen molar-refractivity contribution in [2.24, 2.45) is 5.92 Å². The molecule has 2 aromatic rings. The molecule has 2 amide bonds. The molecule has 184 valence electrons. The Labute approximate surface area is 198 Å². The van der Waals surface area contributed by atoms with Crippen LogP contribution in [0.2, 0.25) is 0 Å². The van der Waals surface area contributed by atoms with Crippen molar-refractivity contribution in [1.29, 1.82) is 0 Å². The zero-order chi connectivity index (χ0) is 24.7. The summed E-state index contributed by atoms with van der Waals surface area (Å²) in [4.78, 5) is 38.4. The topological polar surface area (TPSA) is 147 Å². The Morgan fingerprint density at radius 1 is 1.21 bits per heavy atom. The van der Waals surface area contributed by atoms with Crippen LogP contribution >= 0.6 is 0 Å². The van der Waals surface area contributed by atoms with Crippen molar-refractivity contribution < 1.29 is 27.3 Å². The van der Waals surface area contributed by atoms with E-state index in [1.807, 2.05) is 13.8 Å². The van der Waals surface area contributed by atoms with Gasteiger partial charge >= 0.3 is 0 Å². The van der Waals surface area contributed by atoms with Crippen molar-refractivity contribution >= 4 is 27.6 Å². The Morgan fingerprint density at radius 3 is 2.65 bits per heavy atom. The molecule has 0 spiro atoms. The molecule has 1 aliphatic rings. The van der Waals surface area contributed by atoms with Crippen molar-refractivity contribution in [3.8, 4) is 0 Å². The summed E-state index contributed by atoms with van der Waals surface area (Å²) in [5, 5.41) is 8.98. The number of fused-ring (bicyclic) bond motifs is 1. The molecular formula is C23H30N4O6S. The first-order valence-electron chi connectivity index (χ1n) is 11.3. The highest BCUT2D eigenvalue weighted by atomic mass is 32.2. The SMILES string of the molecule is CC(C)CC(NS(=O)(=O)c1ccccc1)C(=O)NC1CCc2cnoc2CCCNC(=O)C1=O. The summed E-state index contributed by atoms with van der Waals surface area (Å²) in [7, 11) is -3.97. The molecule has 34 heavy (non-hydrogen) atoms. The molecule has 0 saturated carbocycles. The number of nitrogens with zero attached hydrogens (tertiary/aromatic N) is 1. The summed E-state index contributed by atoms with van der Waals surface area (Å²) in [6.45, 7) is 3.99. The van der Waals surface area contributed by atoms with Crippen molar-refractivity contribution in [2.75, 3.05) is 6.54 Å². The third-order valence-corrected chi connectivity index (χ3v) is 7.02. The van der Waals surface area contributed by atoms with Crippen molar-refractivity contribution in [1.82, 2.24) is 20.5 Å². The van der Waals surface area contributed by atoms with Gasteiger partial charge in [-0.25, -0.2) is 8.42 Å². The van der Waals surface area contributed by atoms with E-state index in [1.165, 1.54) is 12.1 Å². The first-order chi connectivity index (χ1) is 16.2. The number of amides is 2. The van der Waals surface area contributed by atoms with Crippen LogP contribution in [0.3, 0.4) is 0 Å². The van der Waals surface area contributed by atoms with Crippen LogP contribution in [0.5, 0.6) is 0 Å². The van der Waals surface area contributed by atoms with E-state index >= 15 is 0 Å². The molecule has 0 saturated heterocycles. The number of hydrogen-bond acceptors (Lipinski definition) is 7. The van der Waals surface area contributed by atoms with Crippen LogP contribution in [0, 0.1) is 5.92 Å². The molecule has 0 radical (unpaired) electrons. The van der Waals surface area contributed by atoms with E-state index in [0.717, 1.165) is 5.56 Å². The molecule has 0 fully saturated rings. The van der Waals surface area contributed by atoms with Crippen molar-refractivity contribution in [3.63, 3.8) is 0 Å². The van der Waals surface area contributed by atoms with Crippen LogP contribution in [0.25, 0.3) is 0 Å². The lowest BCUT2D eigenvalue weighted by atomic mass is 10.00. The average molecular weight is 491 g/mol. The van der Waals surface area contributed by atoms with Gasteiger partial charge in [0.2, 0.25) is 21.7 Å². The lowest BCUT2D eigenvalue weighted by molar-refractivity contribution is -0.140. The van der Waals surface area contributed by atoms with Gasteiger partial charge in [0.25, 0.3) is 5.91 Å². The average Bonchev–Trinajstić information content (AvgIpc) is 3.24. The van der Waals surface area contributed by atoms with Gasteiger partial charge in [-0.1, -0.05) is 37.2 Å². The summed E-state index contributed by atoms with van der Waals surface area (Å²) in [5.41, 5.74) is 0.810. The molecule has 2 heterocycles. The highest BCUT2D eigenvalue weighted by Gasteiger charge is 2.32. The smallest absolute Gasteiger partial charge is 0.289 e. The largest absolute Gasteiger partial charge is 0.361 e. The van der Waals surface area contributed by atoms with Crippen molar-refractivity contribution in [3.05, 3.63) is 47.9 Å². The van der Waals surface area contributed by atoms with Gasteiger partial charge in [0.05, 0.1) is 17.1 Å². The second kappa shape index (κ2) is 11.4. The van der Waals surface area contributed by atoms with E-state index in [-0.39, 0.29) is 30.2 Å². The highest BCUT2D eigenvalue weighted by molar-refractivity contribution is 7.89. The summed E-state index contributed by atoms with van der Waals surface area (Å²) in [5.74, 6) is -1.56. The fourth-order valence-corrected chi connectivity index (χ4v) is 5.00. The van der Waals surface area contributed by atoms with Gasteiger partial charge in [0.1, 0.15) is 11.8 Å². The number of aromatic nitrogens is 1. The second-order valence-electron chi connectivity index (χ2n) is 8.71. The molecule has 1 aromatic heterocycles. The molecule has 10 nitrogen and oxygen atoms in total. The molecule has 1 aromatic carbocycles. The molecule has 3 N–H and O–H groups in total. The van der Waals surface area contributed by atoms with Crippen LogP contribution in [0.4, 0.5) is 0 Å². The third-order valence-electron chi connectivity index (χ3n) is 5.53. The van der Waals surface area contributed by atoms with Gasteiger partial charge in [-0.2, -0.15) is 4.72 Å². The number of rotatable bonds is 7. The van der Waals surface area contributed by atoms with Gasteiger partial charge in [-0.15, -0.1) is 0 Å². The monoisotopic (exact) mass is 490 g/mol. The number of carbonyl (C=O) groups is 3. The molecule has 11 heteroatoms. The predicted octanol–water partition coefficient (Wildman–Crippen LogP) is 1.12. The number of hydrogen-bond donors (Lipinski definition) is 3. The number of carbonyl (C=O) groups excluding carboxylic acids is 3. The van der Waals surface area contributed by atoms with Gasteiger partial charge in [-0.3, -0.25) is 14.4 Å². The number of Topliss-reactive ketones (excluding diaryl/α,β-unsaturated/α-hetero) is 1. The Kier molecular flexibility index (Phi) is 8.56. The van der Waals surface area contributed by atoms with E-state index in [9.17, 15) is 22.8 Å². The van der Waals surface area contributed by atoms with Crippen LogP contribution in [0.1, 0.15) is 44.4 Å². The van der Waals surface area contributed by atoms with Crippen molar-refractivity contribution in [2.45, 2.75) is 62.9 Å². The second-order valence-corrected chi connectivity index (χ2v) is 10.4. The van der Waals surface area contributed by atoms with Crippen LogP contribution in [-0.4, -0.2) is 49.8 Å². The lowest BCUT2D eigenvalue weighted by Crippen LogP contribution is -2.54. The molecular weight excluding hydrogens is 460 g/mol. The molecule has 3 rings (SSSR count). The minimum Gasteiger partial charge on any atom is -0.361 e. The number of benzene rings is 1. The Bertz CT molecular complexity index is 1110. The maximum absolute atomic E-state index is 13.2. The van der Waals surface area contributed by atoms with Crippen LogP contribution in [0.15, 0.2) is 45.9 Å².